The van der Waals surface area contributed by atoms with Crippen molar-refractivity contribution in [3.63, 3.8) is 0 Å². The van der Waals surface area contributed by atoms with Crippen molar-refractivity contribution < 1.29 is 14.6 Å². The fourth-order valence-electron chi connectivity index (χ4n) is 2.00. The van der Waals surface area contributed by atoms with Gasteiger partial charge in [0.1, 0.15) is 0 Å². The van der Waals surface area contributed by atoms with Crippen LogP contribution in [-0.2, 0) is 4.79 Å². The van der Waals surface area contributed by atoms with E-state index in [1.54, 1.807) is 0 Å². The van der Waals surface area contributed by atoms with Crippen LogP contribution in [0.2, 0.25) is 0 Å². The van der Waals surface area contributed by atoms with Crippen LogP contribution in [0.5, 0.6) is 0 Å². The summed E-state index contributed by atoms with van der Waals surface area (Å²) in [7, 11) is 0. The second-order valence-corrected chi connectivity index (χ2v) is 3.87. The Labute approximate surface area is 108 Å². The molecule has 0 spiro atoms. The molecule has 0 fully saturated rings. The van der Waals surface area contributed by atoms with Crippen LogP contribution in [0, 0.1) is 20.2 Å². The second-order valence-electron chi connectivity index (χ2n) is 3.87. The second kappa shape index (κ2) is 3.85. The number of nitrogens with zero attached hydrogens (tertiary/aromatic N) is 5. The van der Waals surface area contributed by atoms with E-state index in [1.807, 2.05) is 0 Å². The predicted octanol–water partition coefficient (Wildman–Crippen LogP) is -0.0963. The van der Waals surface area contributed by atoms with Gasteiger partial charge in [0.05, 0.1) is 32.7 Å². The molecule has 2 heterocycles. The van der Waals surface area contributed by atoms with Gasteiger partial charge in [-0.2, -0.15) is 10.2 Å². The number of fused-ring (bicyclic) bond motifs is 3. The number of rotatable bonds is 2. The Morgan fingerprint density at radius 3 is 2.40 bits per heavy atom. The Hall–Kier alpha value is -3.30. The topological polar surface area (TPSA) is 140 Å². The van der Waals surface area contributed by atoms with Gasteiger partial charge in [-0.25, -0.2) is 4.99 Å². The summed E-state index contributed by atoms with van der Waals surface area (Å²) in [6.45, 7) is 0. The largest absolute Gasteiger partial charge is 0.412 e. The maximum Gasteiger partial charge on any atom is 0.412 e. The highest BCUT2D eigenvalue weighted by atomic mass is 16.6. The van der Waals surface area contributed by atoms with Crippen molar-refractivity contribution in [3.05, 3.63) is 54.2 Å². The lowest BCUT2D eigenvalue weighted by atomic mass is 10.0. The molecule has 3 rings (SSSR count). The van der Waals surface area contributed by atoms with Gasteiger partial charge in [0, 0.05) is 5.22 Å². The van der Waals surface area contributed by atoms with Crippen LogP contribution in [0.4, 0.5) is 5.69 Å². The van der Waals surface area contributed by atoms with Crippen LogP contribution in [0.15, 0.2) is 33.1 Å². The summed E-state index contributed by atoms with van der Waals surface area (Å²) in [5.41, 5.74) is -1.71. The number of amides is 1. The number of benzene rings is 1. The number of hydrogen-bond donors (Lipinski definition) is 0. The summed E-state index contributed by atoms with van der Waals surface area (Å²) in [5.74, 6) is -1.26. The minimum Gasteiger partial charge on any atom is -0.259 e. The molecule has 0 unspecified atom stereocenters. The fourth-order valence-corrected chi connectivity index (χ4v) is 2.00. The summed E-state index contributed by atoms with van der Waals surface area (Å²) < 4.78 is 0. The zero-order chi connectivity index (χ0) is 14.4. The van der Waals surface area contributed by atoms with Gasteiger partial charge < -0.3 is 0 Å². The van der Waals surface area contributed by atoms with E-state index in [2.05, 4.69) is 15.2 Å². The first-order valence-corrected chi connectivity index (χ1v) is 5.21. The first-order chi connectivity index (χ1) is 9.50. The highest BCUT2D eigenvalue weighted by Gasteiger charge is 2.41. The lowest BCUT2D eigenvalue weighted by molar-refractivity contribution is -0.439. The SMILES string of the molecule is O=C1N=c2c(ccc3c2=CN=N3)C([N+](=O)[O-])=C1[N+](=O)[O-]. The molecule has 0 N–H and O–H groups in total. The van der Waals surface area contributed by atoms with E-state index in [0.717, 1.165) is 0 Å². The summed E-state index contributed by atoms with van der Waals surface area (Å²) >= 11 is 0. The summed E-state index contributed by atoms with van der Waals surface area (Å²) in [6.07, 6.45) is 1.29. The van der Waals surface area contributed by atoms with E-state index in [-0.39, 0.29) is 10.9 Å². The Kier molecular flexibility index (Phi) is 2.26. The first kappa shape index (κ1) is 11.8. The molecule has 0 bridgehead atoms. The molecule has 2 aliphatic rings. The monoisotopic (exact) mass is 273 g/mol. The lowest BCUT2D eigenvalue weighted by Crippen LogP contribution is -2.35. The molecule has 0 saturated carbocycles. The maximum absolute atomic E-state index is 11.7. The summed E-state index contributed by atoms with van der Waals surface area (Å²) in [4.78, 5) is 35.1. The molecule has 0 saturated heterocycles. The van der Waals surface area contributed by atoms with Gasteiger partial charge in [0.2, 0.25) is 0 Å². The van der Waals surface area contributed by atoms with Crippen molar-refractivity contribution in [2.45, 2.75) is 0 Å². The molecule has 0 aromatic heterocycles. The van der Waals surface area contributed by atoms with Crippen molar-refractivity contribution in [1.29, 1.82) is 0 Å². The predicted molar refractivity (Wildman–Crippen MR) is 62.1 cm³/mol. The number of carbonyl (C=O) groups excluding carboxylic acids is 1. The van der Waals surface area contributed by atoms with Crippen molar-refractivity contribution in [1.82, 2.24) is 0 Å². The summed E-state index contributed by atoms with van der Waals surface area (Å²) in [6, 6.07) is 2.69. The molecule has 1 aromatic carbocycles. The maximum atomic E-state index is 11.7. The van der Waals surface area contributed by atoms with E-state index < -0.39 is 27.1 Å². The third-order valence-electron chi connectivity index (χ3n) is 2.81. The Bertz CT molecular complexity index is 882. The van der Waals surface area contributed by atoms with E-state index in [4.69, 9.17) is 0 Å². The summed E-state index contributed by atoms with van der Waals surface area (Å²) in [5, 5.41) is 29.6. The quantitative estimate of drug-likeness (QED) is 0.546. The Balaban J connectivity index is 2.46. The molecule has 10 heteroatoms. The van der Waals surface area contributed by atoms with Gasteiger partial charge in [-0.1, -0.05) is 0 Å². The third-order valence-corrected chi connectivity index (χ3v) is 2.81. The van der Waals surface area contributed by atoms with Crippen molar-refractivity contribution in [2.75, 3.05) is 0 Å². The average molecular weight is 273 g/mol. The molecule has 10 nitrogen and oxygen atoms in total. The third kappa shape index (κ3) is 1.44. The average Bonchev–Trinajstić information content (AvgIpc) is 2.85. The molecule has 1 amide bonds. The highest BCUT2D eigenvalue weighted by Crippen LogP contribution is 2.22. The molecule has 2 aliphatic heterocycles. The molecule has 20 heavy (non-hydrogen) atoms. The van der Waals surface area contributed by atoms with Crippen molar-refractivity contribution in [3.8, 4) is 0 Å². The molecule has 0 radical (unpaired) electrons. The molecule has 0 atom stereocenters. The molecule has 0 aliphatic carbocycles. The smallest absolute Gasteiger partial charge is 0.259 e. The molecular formula is C10H3N5O5. The minimum atomic E-state index is -1.26. The van der Waals surface area contributed by atoms with Crippen molar-refractivity contribution >= 4 is 23.5 Å². The zero-order valence-electron chi connectivity index (χ0n) is 9.51. The highest BCUT2D eigenvalue weighted by molar-refractivity contribution is 5.99. The first-order valence-electron chi connectivity index (χ1n) is 5.21. The van der Waals surface area contributed by atoms with Crippen LogP contribution < -0.4 is 10.6 Å². The van der Waals surface area contributed by atoms with Crippen LogP contribution in [0.3, 0.4) is 0 Å². The minimum absolute atomic E-state index is 0.0187. The Morgan fingerprint density at radius 2 is 1.75 bits per heavy atom. The van der Waals surface area contributed by atoms with Crippen LogP contribution in [0.1, 0.15) is 5.56 Å². The van der Waals surface area contributed by atoms with Crippen LogP contribution in [0.25, 0.3) is 11.9 Å². The molecule has 1 aromatic rings. The van der Waals surface area contributed by atoms with Crippen LogP contribution in [-0.4, -0.2) is 15.8 Å². The van der Waals surface area contributed by atoms with Gasteiger partial charge in [-0.3, -0.25) is 25.0 Å². The van der Waals surface area contributed by atoms with Gasteiger partial charge in [-0.15, -0.1) is 0 Å². The van der Waals surface area contributed by atoms with Gasteiger partial charge in [-0.05, 0) is 12.1 Å². The van der Waals surface area contributed by atoms with Crippen molar-refractivity contribution in [2.24, 2.45) is 15.2 Å². The number of nitro groups is 2. The molecular weight excluding hydrogens is 270 g/mol. The van der Waals surface area contributed by atoms with Gasteiger partial charge in [0.25, 0.3) is 0 Å². The van der Waals surface area contributed by atoms with E-state index in [0.29, 0.717) is 10.9 Å². The number of hydrogen-bond acceptors (Lipinski definition) is 7. The fraction of sp³-hybridized carbons (Fsp3) is 0. The van der Waals surface area contributed by atoms with E-state index >= 15 is 0 Å². The van der Waals surface area contributed by atoms with E-state index in [1.165, 1.54) is 18.3 Å². The normalized spacial score (nSPS) is 15.3. The van der Waals surface area contributed by atoms with Crippen LogP contribution >= 0.6 is 0 Å². The standard InChI is InChI=1S/C10H3N5O5/c16-10-9(15(19)20)8(14(17)18)4-1-2-6-5(3-11-13-6)7(4)12-10/h1-3H. The lowest BCUT2D eigenvalue weighted by Gasteiger charge is -2.05. The number of carbonyl (C=O) groups is 1. The Morgan fingerprint density at radius 1 is 1.05 bits per heavy atom. The zero-order valence-corrected chi connectivity index (χ0v) is 9.51. The van der Waals surface area contributed by atoms with Gasteiger partial charge in [0.15, 0.2) is 0 Å². The molecule has 98 valence electrons. The van der Waals surface area contributed by atoms with E-state index in [9.17, 15) is 25.0 Å². The number of azo groups is 1. The van der Waals surface area contributed by atoms with Gasteiger partial charge >= 0.3 is 17.3 Å².